The van der Waals surface area contributed by atoms with E-state index in [4.69, 9.17) is 17.2 Å². The van der Waals surface area contributed by atoms with Gasteiger partial charge in [0, 0.05) is 29.1 Å². The summed E-state index contributed by atoms with van der Waals surface area (Å²) in [6.07, 6.45) is 1.75. The largest absolute Gasteiger partial charge is 0.398 e. The van der Waals surface area contributed by atoms with E-state index < -0.39 is 0 Å². The van der Waals surface area contributed by atoms with Crippen molar-refractivity contribution in [3.63, 3.8) is 0 Å². The standard InChI is InChI=1S/C14H14N6S/c15-10-4-3-8(13-9(10)2-1-5-18-13)7-21-14-19-11(16)6-12(17)20-14/h1-6H,7,15H2,(H4,16,17,19,20). The molecule has 0 aliphatic carbocycles. The van der Waals surface area contributed by atoms with Crippen molar-refractivity contribution in [2.75, 3.05) is 17.2 Å². The summed E-state index contributed by atoms with van der Waals surface area (Å²) < 4.78 is 0. The monoisotopic (exact) mass is 298 g/mol. The van der Waals surface area contributed by atoms with Gasteiger partial charge in [-0.3, -0.25) is 4.98 Å². The van der Waals surface area contributed by atoms with Crippen molar-refractivity contribution < 1.29 is 0 Å². The molecule has 2 aromatic heterocycles. The number of pyridine rings is 1. The fourth-order valence-corrected chi connectivity index (χ4v) is 2.90. The first kappa shape index (κ1) is 13.4. The van der Waals surface area contributed by atoms with Gasteiger partial charge < -0.3 is 17.2 Å². The molecule has 0 bridgehead atoms. The van der Waals surface area contributed by atoms with Gasteiger partial charge in [-0.25, -0.2) is 9.97 Å². The lowest BCUT2D eigenvalue weighted by molar-refractivity contribution is 0.984. The number of nitrogens with zero attached hydrogens (tertiary/aromatic N) is 3. The molecule has 7 heteroatoms. The third kappa shape index (κ3) is 2.82. The van der Waals surface area contributed by atoms with Crippen LogP contribution in [-0.2, 0) is 5.75 Å². The maximum Gasteiger partial charge on any atom is 0.191 e. The van der Waals surface area contributed by atoms with Gasteiger partial charge in [0.15, 0.2) is 5.16 Å². The quantitative estimate of drug-likeness (QED) is 0.385. The van der Waals surface area contributed by atoms with Gasteiger partial charge >= 0.3 is 0 Å². The maximum atomic E-state index is 5.97. The number of thioether (sulfide) groups is 1. The second-order valence-corrected chi connectivity index (χ2v) is 5.44. The molecular weight excluding hydrogens is 284 g/mol. The number of nitrogens with two attached hydrogens (primary N) is 3. The molecule has 106 valence electrons. The van der Waals surface area contributed by atoms with Gasteiger partial charge in [-0.2, -0.15) is 0 Å². The van der Waals surface area contributed by atoms with Crippen LogP contribution in [-0.4, -0.2) is 15.0 Å². The highest BCUT2D eigenvalue weighted by atomic mass is 32.2. The van der Waals surface area contributed by atoms with Crippen molar-refractivity contribution in [1.29, 1.82) is 0 Å². The Morgan fingerprint density at radius 3 is 2.52 bits per heavy atom. The predicted octanol–water partition coefficient (Wildman–Crippen LogP) is 2.06. The summed E-state index contributed by atoms with van der Waals surface area (Å²) in [6.45, 7) is 0. The van der Waals surface area contributed by atoms with Crippen molar-refractivity contribution in [1.82, 2.24) is 15.0 Å². The molecule has 6 nitrogen and oxygen atoms in total. The molecule has 0 radical (unpaired) electrons. The van der Waals surface area contributed by atoms with Crippen molar-refractivity contribution in [3.05, 3.63) is 42.1 Å². The lowest BCUT2D eigenvalue weighted by Crippen LogP contribution is -1.99. The topological polar surface area (TPSA) is 117 Å². The molecule has 0 saturated heterocycles. The van der Waals surface area contributed by atoms with Crippen LogP contribution in [0, 0.1) is 0 Å². The Hall–Kier alpha value is -2.54. The number of nitrogen functional groups attached to an aromatic ring is 3. The van der Waals surface area contributed by atoms with E-state index in [-0.39, 0.29) is 0 Å². The summed E-state index contributed by atoms with van der Waals surface area (Å²) in [5, 5.41) is 1.50. The molecule has 21 heavy (non-hydrogen) atoms. The number of benzene rings is 1. The van der Waals surface area contributed by atoms with E-state index >= 15 is 0 Å². The van der Waals surface area contributed by atoms with Crippen LogP contribution in [0.25, 0.3) is 10.9 Å². The number of hydrogen-bond acceptors (Lipinski definition) is 7. The van der Waals surface area contributed by atoms with Crippen LogP contribution in [0.5, 0.6) is 0 Å². The number of aromatic nitrogens is 3. The lowest BCUT2D eigenvalue weighted by atomic mass is 10.1. The molecule has 0 aliphatic heterocycles. The van der Waals surface area contributed by atoms with Crippen LogP contribution < -0.4 is 17.2 Å². The molecule has 0 atom stereocenters. The minimum Gasteiger partial charge on any atom is -0.398 e. The Morgan fingerprint density at radius 2 is 1.76 bits per heavy atom. The highest BCUT2D eigenvalue weighted by Gasteiger charge is 2.07. The van der Waals surface area contributed by atoms with Crippen LogP contribution >= 0.6 is 11.8 Å². The number of hydrogen-bond donors (Lipinski definition) is 3. The summed E-state index contributed by atoms with van der Waals surface area (Å²) in [6, 6.07) is 9.21. The molecule has 3 rings (SSSR count). The van der Waals surface area contributed by atoms with E-state index in [1.807, 2.05) is 24.3 Å². The highest BCUT2D eigenvalue weighted by molar-refractivity contribution is 7.98. The van der Waals surface area contributed by atoms with E-state index in [2.05, 4.69) is 15.0 Å². The first-order valence-electron chi connectivity index (χ1n) is 6.28. The van der Waals surface area contributed by atoms with Crippen LogP contribution in [0.3, 0.4) is 0 Å². The summed E-state index contributed by atoms with van der Waals surface area (Å²) in [7, 11) is 0. The Balaban J connectivity index is 1.90. The van der Waals surface area contributed by atoms with Crippen molar-refractivity contribution in [2.45, 2.75) is 10.9 Å². The number of anilines is 3. The molecule has 0 saturated carbocycles. The van der Waals surface area contributed by atoms with Gasteiger partial charge in [0.05, 0.1) is 5.52 Å². The molecule has 1 aromatic carbocycles. The van der Waals surface area contributed by atoms with Crippen LogP contribution in [0.15, 0.2) is 41.7 Å². The second kappa shape index (κ2) is 5.45. The zero-order chi connectivity index (χ0) is 14.8. The summed E-state index contributed by atoms with van der Waals surface area (Å²) in [5.41, 5.74) is 20.0. The zero-order valence-corrected chi connectivity index (χ0v) is 12.0. The van der Waals surface area contributed by atoms with Gasteiger partial charge in [0.2, 0.25) is 0 Å². The zero-order valence-electron chi connectivity index (χ0n) is 11.2. The van der Waals surface area contributed by atoms with Gasteiger partial charge in [-0.1, -0.05) is 17.8 Å². The SMILES string of the molecule is Nc1cc(N)nc(SCc2ccc(N)c3cccnc23)n1. The molecule has 0 aliphatic rings. The van der Waals surface area contributed by atoms with Crippen LogP contribution in [0.2, 0.25) is 0 Å². The van der Waals surface area contributed by atoms with E-state index in [9.17, 15) is 0 Å². The minimum absolute atomic E-state index is 0.366. The molecule has 3 aromatic rings. The average molecular weight is 298 g/mol. The molecule has 0 amide bonds. The molecule has 0 spiro atoms. The average Bonchev–Trinajstić information content (AvgIpc) is 2.46. The van der Waals surface area contributed by atoms with E-state index in [1.54, 1.807) is 6.20 Å². The summed E-state index contributed by atoms with van der Waals surface area (Å²) >= 11 is 1.46. The molecule has 6 N–H and O–H groups in total. The number of fused-ring (bicyclic) bond motifs is 1. The third-order valence-electron chi connectivity index (χ3n) is 2.99. The Kier molecular flexibility index (Phi) is 3.49. The van der Waals surface area contributed by atoms with Gasteiger partial charge in [-0.15, -0.1) is 0 Å². The Labute approximate surface area is 125 Å². The predicted molar refractivity (Wildman–Crippen MR) is 86.6 cm³/mol. The third-order valence-corrected chi connectivity index (χ3v) is 3.89. The second-order valence-electron chi connectivity index (χ2n) is 4.50. The van der Waals surface area contributed by atoms with Crippen molar-refractivity contribution in [3.8, 4) is 0 Å². The molecular formula is C14H14N6S. The fraction of sp³-hybridized carbons (Fsp3) is 0.0714. The van der Waals surface area contributed by atoms with Crippen molar-refractivity contribution in [2.24, 2.45) is 0 Å². The minimum atomic E-state index is 0.366. The lowest BCUT2D eigenvalue weighted by Gasteiger charge is -2.07. The Morgan fingerprint density at radius 1 is 1.00 bits per heavy atom. The molecule has 0 unspecified atom stereocenters. The van der Waals surface area contributed by atoms with E-state index in [0.717, 1.165) is 22.2 Å². The van der Waals surface area contributed by atoms with Gasteiger partial charge in [0.1, 0.15) is 11.6 Å². The fourth-order valence-electron chi connectivity index (χ4n) is 2.04. The maximum absolute atomic E-state index is 5.97. The summed E-state index contributed by atoms with van der Waals surface area (Å²) in [4.78, 5) is 12.7. The number of rotatable bonds is 3. The Bertz CT molecular complexity index is 784. The first-order chi connectivity index (χ1) is 10.1. The molecule has 0 fully saturated rings. The smallest absolute Gasteiger partial charge is 0.191 e. The van der Waals surface area contributed by atoms with Crippen LogP contribution in [0.1, 0.15) is 5.56 Å². The van der Waals surface area contributed by atoms with E-state index in [0.29, 0.717) is 22.5 Å². The van der Waals surface area contributed by atoms with Crippen LogP contribution in [0.4, 0.5) is 17.3 Å². The highest BCUT2D eigenvalue weighted by Crippen LogP contribution is 2.28. The first-order valence-corrected chi connectivity index (χ1v) is 7.27. The van der Waals surface area contributed by atoms with E-state index in [1.165, 1.54) is 17.8 Å². The summed E-state index contributed by atoms with van der Waals surface area (Å²) in [5.74, 6) is 1.40. The van der Waals surface area contributed by atoms with Gasteiger partial charge in [0.25, 0.3) is 0 Å². The normalized spacial score (nSPS) is 10.9. The van der Waals surface area contributed by atoms with Crippen molar-refractivity contribution >= 4 is 40.0 Å². The van der Waals surface area contributed by atoms with Gasteiger partial charge in [-0.05, 0) is 23.8 Å². The molecule has 2 heterocycles.